The Labute approximate surface area is 92.7 Å². The number of nitriles is 1. The van der Waals surface area contributed by atoms with Crippen molar-refractivity contribution in [3.63, 3.8) is 0 Å². The molecule has 1 atom stereocenters. The van der Waals surface area contributed by atoms with Crippen LogP contribution in [0.15, 0.2) is 12.1 Å². The Balaban J connectivity index is 3.38. The maximum absolute atomic E-state index is 9.02. The molecular formula is C14H19N. The van der Waals surface area contributed by atoms with E-state index in [9.17, 15) is 0 Å². The average molecular weight is 201 g/mol. The molecule has 0 spiro atoms. The van der Waals surface area contributed by atoms with Crippen molar-refractivity contribution in [3.8, 4) is 6.07 Å². The minimum absolute atomic E-state index is 0.0105. The lowest BCUT2D eigenvalue weighted by Crippen LogP contribution is -2.02. The number of rotatable bonds is 2. The Hall–Kier alpha value is -1.29. The third-order valence-electron chi connectivity index (χ3n) is 3.02. The van der Waals surface area contributed by atoms with E-state index in [4.69, 9.17) is 5.26 Å². The summed E-state index contributed by atoms with van der Waals surface area (Å²) in [6.45, 7) is 10.6. The number of benzene rings is 1. The lowest BCUT2D eigenvalue weighted by molar-refractivity contribution is 0.839. The molecule has 80 valence electrons. The molecule has 0 heterocycles. The van der Waals surface area contributed by atoms with E-state index < -0.39 is 0 Å². The van der Waals surface area contributed by atoms with E-state index in [0.29, 0.717) is 5.92 Å². The zero-order valence-electron chi connectivity index (χ0n) is 10.3. The van der Waals surface area contributed by atoms with Crippen LogP contribution in [-0.4, -0.2) is 0 Å². The third kappa shape index (κ3) is 2.21. The van der Waals surface area contributed by atoms with Gasteiger partial charge in [-0.1, -0.05) is 26.0 Å². The van der Waals surface area contributed by atoms with Gasteiger partial charge in [0.15, 0.2) is 0 Å². The Morgan fingerprint density at radius 1 is 1.13 bits per heavy atom. The van der Waals surface area contributed by atoms with E-state index in [-0.39, 0.29) is 5.92 Å². The van der Waals surface area contributed by atoms with E-state index in [2.05, 4.69) is 45.9 Å². The molecule has 0 aliphatic carbocycles. The molecule has 0 amide bonds. The summed E-state index contributed by atoms with van der Waals surface area (Å²) in [4.78, 5) is 0. The van der Waals surface area contributed by atoms with Crippen LogP contribution >= 0.6 is 0 Å². The maximum Gasteiger partial charge on any atom is 0.0701 e. The maximum atomic E-state index is 9.02. The highest BCUT2D eigenvalue weighted by molar-refractivity contribution is 5.44. The van der Waals surface area contributed by atoms with E-state index >= 15 is 0 Å². The minimum Gasteiger partial charge on any atom is -0.198 e. The lowest BCUT2D eigenvalue weighted by atomic mass is 9.86. The van der Waals surface area contributed by atoms with Crippen LogP contribution in [-0.2, 0) is 0 Å². The van der Waals surface area contributed by atoms with Gasteiger partial charge in [-0.25, -0.2) is 0 Å². The fraction of sp³-hybridized carbons (Fsp3) is 0.500. The van der Waals surface area contributed by atoms with E-state index in [1.165, 1.54) is 22.3 Å². The fourth-order valence-electron chi connectivity index (χ4n) is 2.24. The van der Waals surface area contributed by atoms with Crippen LogP contribution in [0.1, 0.15) is 54.9 Å². The van der Waals surface area contributed by atoms with E-state index in [1.54, 1.807) is 0 Å². The van der Waals surface area contributed by atoms with Crippen LogP contribution in [0.4, 0.5) is 0 Å². The molecular weight excluding hydrogens is 182 g/mol. The highest BCUT2D eigenvalue weighted by Gasteiger charge is 2.14. The molecule has 0 N–H and O–H groups in total. The summed E-state index contributed by atoms with van der Waals surface area (Å²) in [5.74, 6) is 0.513. The van der Waals surface area contributed by atoms with Crippen LogP contribution in [0.25, 0.3) is 0 Å². The zero-order chi connectivity index (χ0) is 11.6. The van der Waals surface area contributed by atoms with Gasteiger partial charge >= 0.3 is 0 Å². The van der Waals surface area contributed by atoms with E-state index in [0.717, 1.165) is 0 Å². The normalized spacial score (nSPS) is 12.6. The van der Waals surface area contributed by atoms with Crippen molar-refractivity contribution < 1.29 is 0 Å². The average Bonchev–Trinajstić information content (AvgIpc) is 2.16. The molecule has 15 heavy (non-hydrogen) atoms. The van der Waals surface area contributed by atoms with Gasteiger partial charge in [0.05, 0.1) is 12.0 Å². The summed E-state index contributed by atoms with van der Waals surface area (Å²) in [7, 11) is 0. The van der Waals surface area contributed by atoms with Crippen LogP contribution in [0.2, 0.25) is 0 Å². The van der Waals surface area contributed by atoms with Crippen molar-refractivity contribution >= 4 is 0 Å². The highest BCUT2D eigenvalue weighted by atomic mass is 14.3. The molecule has 0 fully saturated rings. The predicted molar refractivity (Wildman–Crippen MR) is 64.0 cm³/mol. The van der Waals surface area contributed by atoms with Gasteiger partial charge in [0.2, 0.25) is 0 Å². The molecule has 0 radical (unpaired) electrons. The smallest absolute Gasteiger partial charge is 0.0701 e. The number of nitrogens with zero attached hydrogens (tertiary/aromatic N) is 1. The first-order valence-electron chi connectivity index (χ1n) is 5.48. The Kier molecular flexibility index (Phi) is 3.52. The van der Waals surface area contributed by atoms with Gasteiger partial charge in [-0.05, 0) is 48.9 Å². The first-order chi connectivity index (χ1) is 6.99. The van der Waals surface area contributed by atoms with Gasteiger partial charge in [-0.3, -0.25) is 0 Å². The summed E-state index contributed by atoms with van der Waals surface area (Å²) in [5, 5.41) is 9.02. The number of hydrogen-bond acceptors (Lipinski definition) is 1. The molecule has 1 aromatic carbocycles. The molecule has 0 aliphatic rings. The van der Waals surface area contributed by atoms with Crippen LogP contribution < -0.4 is 0 Å². The van der Waals surface area contributed by atoms with E-state index in [1.807, 2.05) is 6.92 Å². The van der Waals surface area contributed by atoms with Crippen molar-refractivity contribution in [3.05, 3.63) is 34.4 Å². The van der Waals surface area contributed by atoms with Crippen LogP contribution in [0.3, 0.4) is 0 Å². The number of aryl methyl sites for hydroxylation is 1. The van der Waals surface area contributed by atoms with Crippen molar-refractivity contribution in [2.75, 3.05) is 0 Å². The molecule has 1 heteroatoms. The SMILES string of the molecule is Cc1ccc(C(C)C)c(C)c1C(C)C#N. The Morgan fingerprint density at radius 3 is 2.20 bits per heavy atom. The summed E-state index contributed by atoms with van der Waals surface area (Å²) in [5.41, 5.74) is 5.09. The van der Waals surface area contributed by atoms with Gasteiger partial charge in [0.25, 0.3) is 0 Å². The van der Waals surface area contributed by atoms with Crippen LogP contribution in [0.5, 0.6) is 0 Å². The van der Waals surface area contributed by atoms with Crippen molar-refractivity contribution in [2.45, 2.75) is 46.5 Å². The van der Waals surface area contributed by atoms with Gasteiger partial charge in [0.1, 0.15) is 0 Å². The molecule has 1 nitrogen and oxygen atoms in total. The molecule has 0 bridgehead atoms. The minimum atomic E-state index is -0.0105. The topological polar surface area (TPSA) is 23.8 Å². The molecule has 0 aliphatic heterocycles. The molecule has 1 unspecified atom stereocenters. The first-order valence-corrected chi connectivity index (χ1v) is 5.48. The summed E-state index contributed by atoms with van der Waals surface area (Å²) >= 11 is 0. The summed E-state index contributed by atoms with van der Waals surface area (Å²) in [6, 6.07) is 6.64. The molecule has 1 aromatic rings. The predicted octanol–water partition coefficient (Wildman–Crippen LogP) is 4.05. The fourth-order valence-corrected chi connectivity index (χ4v) is 2.24. The van der Waals surface area contributed by atoms with Gasteiger partial charge in [0, 0.05) is 0 Å². The van der Waals surface area contributed by atoms with Gasteiger partial charge in [-0.15, -0.1) is 0 Å². The van der Waals surface area contributed by atoms with Crippen molar-refractivity contribution in [2.24, 2.45) is 0 Å². The first kappa shape index (κ1) is 11.8. The largest absolute Gasteiger partial charge is 0.198 e. The molecule has 0 saturated carbocycles. The van der Waals surface area contributed by atoms with Crippen LogP contribution in [0, 0.1) is 25.2 Å². The standard InChI is InChI=1S/C14H19N/c1-9(2)13-7-6-10(3)14(12(13)5)11(4)8-15/h6-7,9,11H,1-5H3. The van der Waals surface area contributed by atoms with Crippen molar-refractivity contribution in [1.82, 2.24) is 0 Å². The Morgan fingerprint density at radius 2 is 1.73 bits per heavy atom. The number of hydrogen-bond donors (Lipinski definition) is 0. The summed E-state index contributed by atoms with van der Waals surface area (Å²) in [6.07, 6.45) is 0. The molecule has 1 rings (SSSR count). The third-order valence-corrected chi connectivity index (χ3v) is 3.02. The molecule has 0 saturated heterocycles. The second-order valence-electron chi connectivity index (χ2n) is 4.52. The second kappa shape index (κ2) is 4.49. The Bertz CT molecular complexity index is 397. The lowest BCUT2D eigenvalue weighted by Gasteiger charge is -2.17. The highest BCUT2D eigenvalue weighted by Crippen LogP contribution is 2.29. The second-order valence-corrected chi connectivity index (χ2v) is 4.52. The molecule has 0 aromatic heterocycles. The quantitative estimate of drug-likeness (QED) is 0.708. The van der Waals surface area contributed by atoms with Gasteiger partial charge < -0.3 is 0 Å². The monoisotopic (exact) mass is 201 g/mol. The zero-order valence-corrected chi connectivity index (χ0v) is 10.3. The van der Waals surface area contributed by atoms with Gasteiger partial charge in [-0.2, -0.15) is 5.26 Å². The summed E-state index contributed by atoms with van der Waals surface area (Å²) < 4.78 is 0. The van der Waals surface area contributed by atoms with Crippen molar-refractivity contribution in [1.29, 1.82) is 5.26 Å².